The van der Waals surface area contributed by atoms with Gasteiger partial charge in [0.15, 0.2) is 5.96 Å². The maximum absolute atomic E-state index is 11.7. The molecule has 0 aliphatic carbocycles. The Labute approximate surface area is 175 Å². The summed E-state index contributed by atoms with van der Waals surface area (Å²) in [6.45, 7) is 6.45. The first-order chi connectivity index (χ1) is 12.0. The third kappa shape index (κ3) is 10.3. The Morgan fingerprint density at radius 3 is 2.42 bits per heavy atom. The van der Waals surface area contributed by atoms with Crippen molar-refractivity contribution in [1.29, 1.82) is 0 Å². The molecule has 0 aliphatic rings. The van der Waals surface area contributed by atoms with Gasteiger partial charge in [0, 0.05) is 33.2 Å². The summed E-state index contributed by atoms with van der Waals surface area (Å²) < 4.78 is 24.8. The van der Waals surface area contributed by atoms with Gasteiger partial charge in [-0.3, -0.25) is 4.99 Å². The molecule has 0 amide bonds. The molecular formula is C18H33IN4O2S. The van der Waals surface area contributed by atoms with E-state index in [0.29, 0.717) is 13.1 Å². The summed E-state index contributed by atoms with van der Waals surface area (Å²) in [7, 11) is -1.47. The van der Waals surface area contributed by atoms with Crippen LogP contribution in [-0.4, -0.2) is 57.7 Å². The Balaban J connectivity index is 0.00000625. The average molecular weight is 496 g/mol. The second-order valence-corrected chi connectivity index (χ2v) is 8.22. The van der Waals surface area contributed by atoms with E-state index in [9.17, 15) is 8.42 Å². The van der Waals surface area contributed by atoms with Gasteiger partial charge in [-0.25, -0.2) is 12.7 Å². The molecular weight excluding hydrogens is 463 g/mol. The fraction of sp³-hybridized carbons (Fsp3) is 0.611. The fourth-order valence-electron chi connectivity index (χ4n) is 2.33. The molecule has 0 spiro atoms. The van der Waals surface area contributed by atoms with Crippen molar-refractivity contribution in [3.8, 4) is 0 Å². The number of halogens is 1. The Morgan fingerprint density at radius 2 is 1.81 bits per heavy atom. The van der Waals surface area contributed by atoms with Crippen LogP contribution in [0, 0.1) is 0 Å². The van der Waals surface area contributed by atoms with E-state index in [-0.39, 0.29) is 29.7 Å². The average Bonchev–Trinajstić information content (AvgIpc) is 2.62. The third-order valence-corrected chi connectivity index (χ3v) is 5.72. The highest BCUT2D eigenvalue weighted by atomic mass is 127. The van der Waals surface area contributed by atoms with Gasteiger partial charge < -0.3 is 10.6 Å². The number of hydrogen-bond donors (Lipinski definition) is 2. The van der Waals surface area contributed by atoms with E-state index in [1.54, 1.807) is 14.0 Å². The first-order valence-corrected chi connectivity index (χ1v) is 10.6. The van der Waals surface area contributed by atoms with Crippen LogP contribution in [0.1, 0.15) is 32.3 Å². The summed E-state index contributed by atoms with van der Waals surface area (Å²) in [5.74, 6) is 0.930. The first kappa shape index (κ1) is 25.1. The van der Waals surface area contributed by atoms with Gasteiger partial charge in [0.2, 0.25) is 10.0 Å². The van der Waals surface area contributed by atoms with Crippen LogP contribution in [0.2, 0.25) is 0 Å². The highest BCUT2D eigenvalue weighted by Gasteiger charge is 2.13. The molecule has 0 radical (unpaired) electrons. The van der Waals surface area contributed by atoms with Crippen molar-refractivity contribution in [2.75, 3.05) is 39.0 Å². The van der Waals surface area contributed by atoms with Crippen molar-refractivity contribution in [3.63, 3.8) is 0 Å². The predicted molar refractivity (Wildman–Crippen MR) is 121 cm³/mol. The first-order valence-electron chi connectivity index (χ1n) is 8.99. The zero-order valence-electron chi connectivity index (χ0n) is 16.1. The van der Waals surface area contributed by atoms with Crippen molar-refractivity contribution in [3.05, 3.63) is 35.9 Å². The van der Waals surface area contributed by atoms with Crippen molar-refractivity contribution in [2.24, 2.45) is 4.99 Å². The van der Waals surface area contributed by atoms with Crippen LogP contribution in [0.5, 0.6) is 0 Å². The minimum Gasteiger partial charge on any atom is -0.357 e. The molecule has 0 atom stereocenters. The highest BCUT2D eigenvalue weighted by Crippen LogP contribution is 2.02. The van der Waals surface area contributed by atoms with Crippen LogP contribution >= 0.6 is 24.0 Å². The van der Waals surface area contributed by atoms with Crippen LogP contribution in [0.3, 0.4) is 0 Å². The highest BCUT2D eigenvalue weighted by molar-refractivity contribution is 14.0. The van der Waals surface area contributed by atoms with E-state index >= 15 is 0 Å². The van der Waals surface area contributed by atoms with Gasteiger partial charge in [0.25, 0.3) is 0 Å². The van der Waals surface area contributed by atoms with E-state index in [2.05, 4.69) is 39.9 Å². The summed E-state index contributed by atoms with van der Waals surface area (Å²) in [4.78, 5) is 4.57. The van der Waals surface area contributed by atoms with E-state index in [0.717, 1.165) is 38.3 Å². The maximum Gasteiger partial charge on any atom is 0.213 e. The maximum atomic E-state index is 11.7. The number of rotatable bonds is 11. The summed E-state index contributed by atoms with van der Waals surface area (Å²) >= 11 is 0. The van der Waals surface area contributed by atoms with E-state index in [1.807, 2.05) is 13.0 Å². The molecule has 0 saturated carbocycles. The lowest BCUT2D eigenvalue weighted by Crippen LogP contribution is -2.39. The standard InChI is InChI=1S/C18H32N4O2S.HI/c1-4-19-18(20-14-9-13-17-11-7-6-8-12-17)21-15-10-16-22(3)25(23,24)5-2;/h6-8,11-12H,4-5,9-10,13-16H2,1-3H3,(H2,19,20,21);1H. The van der Waals surface area contributed by atoms with Gasteiger partial charge in [-0.15, -0.1) is 24.0 Å². The summed E-state index contributed by atoms with van der Waals surface area (Å²) in [6.07, 6.45) is 2.76. The second-order valence-electron chi connectivity index (χ2n) is 5.85. The number of aryl methyl sites for hydroxylation is 1. The van der Waals surface area contributed by atoms with E-state index in [1.165, 1.54) is 9.87 Å². The zero-order valence-corrected chi connectivity index (χ0v) is 19.2. The molecule has 26 heavy (non-hydrogen) atoms. The molecule has 0 unspecified atom stereocenters. The summed E-state index contributed by atoms with van der Waals surface area (Å²) in [5.41, 5.74) is 1.33. The molecule has 0 fully saturated rings. The Morgan fingerprint density at radius 1 is 1.12 bits per heavy atom. The molecule has 2 N–H and O–H groups in total. The number of nitrogens with one attached hydrogen (secondary N) is 2. The summed E-state index contributed by atoms with van der Waals surface area (Å²) in [5, 5.41) is 6.48. The van der Waals surface area contributed by atoms with Crippen molar-refractivity contribution in [1.82, 2.24) is 14.9 Å². The van der Waals surface area contributed by atoms with Gasteiger partial charge in [0.1, 0.15) is 0 Å². The largest absolute Gasteiger partial charge is 0.357 e. The monoisotopic (exact) mass is 496 g/mol. The number of nitrogens with zero attached hydrogens (tertiary/aromatic N) is 2. The van der Waals surface area contributed by atoms with Crippen molar-refractivity contribution in [2.45, 2.75) is 33.1 Å². The normalized spacial score (nSPS) is 11.9. The Bertz CT molecular complexity index is 609. The molecule has 1 aromatic carbocycles. The molecule has 8 heteroatoms. The minimum atomic E-state index is -3.09. The van der Waals surface area contributed by atoms with Crippen molar-refractivity contribution < 1.29 is 8.42 Å². The zero-order chi connectivity index (χ0) is 18.5. The fourth-order valence-corrected chi connectivity index (χ4v) is 3.18. The van der Waals surface area contributed by atoms with Crippen LogP contribution in [0.4, 0.5) is 0 Å². The number of guanidine groups is 1. The van der Waals surface area contributed by atoms with Gasteiger partial charge in [-0.2, -0.15) is 0 Å². The predicted octanol–water partition coefficient (Wildman–Crippen LogP) is 2.46. The molecule has 150 valence electrons. The van der Waals surface area contributed by atoms with Crippen LogP contribution in [-0.2, 0) is 16.4 Å². The van der Waals surface area contributed by atoms with E-state index < -0.39 is 10.0 Å². The van der Waals surface area contributed by atoms with Crippen LogP contribution in [0.15, 0.2) is 35.3 Å². The molecule has 1 rings (SSSR count). The van der Waals surface area contributed by atoms with Gasteiger partial charge in [-0.1, -0.05) is 30.3 Å². The molecule has 0 aromatic heterocycles. The lowest BCUT2D eigenvalue weighted by atomic mass is 10.1. The topological polar surface area (TPSA) is 73.8 Å². The quantitative estimate of drug-likeness (QED) is 0.214. The van der Waals surface area contributed by atoms with Crippen molar-refractivity contribution >= 4 is 40.0 Å². The second kappa shape index (κ2) is 14.2. The molecule has 0 bridgehead atoms. The molecule has 0 saturated heterocycles. The number of sulfonamides is 1. The summed E-state index contributed by atoms with van der Waals surface area (Å²) in [6, 6.07) is 10.4. The molecule has 0 aliphatic heterocycles. The number of benzene rings is 1. The smallest absolute Gasteiger partial charge is 0.213 e. The Hall–Kier alpha value is -0.870. The van der Waals surface area contributed by atoms with Gasteiger partial charge in [-0.05, 0) is 38.7 Å². The Kier molecular flexibility index (Phi) is 13.7. The lowest BCUT2D eigenvalue weighted by Gasteiger charge is -2.16. The van der Waals surface area contributed by atoms with Crippen LogP contribution < -0.4 is 10.6 Å². The SMILES string of the molecule is CCNC(=NCCCc1ccccc1)NCCCN(C)S(=O)(=O)CC.I. The van der Waals surface area contributed by atoms with Gasteiger partial charge in [0.05, 0.1) is 5.75 Å². The molecule has 1 aromatic rings. The van der Waals surface area contributed by atoms with Crippen LogP contribution in [0.25, 0.3) is 0 Å². The number of aliphatic imine (C=N–C) groups is 1. The third-order valence-electron chi connectivity index (χ3n) is 3.86. The molecule has 6 nitrogen and oxygen atoms in total. The molecule has 0 heterocycles. The number of hydrogen-bond acceptors (Lipinski definition) is 3. The van der Waals surface area contributed by atoms with Gasteiger partial charge >= 0.3 is 0 Å². The van der Waals surface area contributed by atoms with E-state index in [4.69, 9.17) is 0 Å². The lowest BCUT2D eigenvalue weighted by molar-refractivity contribution is 0.461. The minimum absolute atomic E-state index is 0.